The lowest BCUT2D eigenvalue weighted by atomic mass is 9.85. The molecular formula is C18H20N2O4. The van der Waals surface area contributed by atoms with Crippen molar-refractivity contribution in [2.24, 2.45) is 0 Å². The molecule has 126 valence electrons. The zero-order chi connectivity index (χ0) is 16.9. The number of rotatable bonds is 7. The Morgan fingerprint density at radius 3 is 2.75 bits per heavy atom. The van der Waals surface area contributed by atoms with Crippen LogP contribution in [0.3, 0.4) is 0 Å². The van der Waals surface area contributed by atoms with Gasteiger partial charge in [-0.25, -0.2) is 9.78 Å². The molecule has 6 heteroatoms. The maximum atomic E-state index is 11.0. The number of anilines is 1. The van der Waals surface area contributed by atoms with Gasteiger partial charge in [0.25, 0.3) is 0 Å². The fourth-order valence-corrected chi connectivity index (χ4v) is 2.74. The number of hydrogen-bond acceptors (Lipinski definition) is 5. The van der Waals surface area contributed by atoms with Crippen molar-refractivity contribution in [3.8, 4) is 5.75 Å². The van der Waals surface area contributed by atoms with Crippen LogP contribution in [0, 0.1) is 0 Å². The van der Waals surface area contributed by atoms with Gasteiger partial charge in [0.15, 0.2) is 5.69 Å². The fourth-order valence-electron chi connectivity index (χ4n) is 2.74. The molecular weight excluding hydrogens is 308 g/mol. The van der Waals surface area contributed by atoms with Crippen LogP contribution in [-0.2, 0) is 4.74 Å². The number of benzene rings is 1. The topological polar surface area (TPSA) is 80.7 Å². The molecule has 0 aliphatic heterocycles. The minimum absolute atomic E-state index is 0.00959. The number of aromatic carboxylic acids is 1. The van der Waals surface area contributed by atoms with Crippen LogP contribution in [0.15, 0.2) is 48.5 Å². The van der Waals surface area contributed by atoms with Gasteiger partial charge in [0, 0.05) is 13.0 Å². The smallest absolute Gasteiger partial charge is 0.354 e. The van der Waals surface area contributed by atoms with Gasteiger partial charge in [0.2, 0.25) is 0 Å². The lowest BCUT2D eigenvalue weighted by Gasteiger charge is -2.44. The predicted molar refractivity (Wildman–Crippen MR) is 89.5 cm³/mol. The van der Waals surface area contributed by atoms with Crippen LogP contribution in [0.25, 0.3) is 0 Å². The minimum Gasteiger partial charge on any atom is -0.486 e. The van der Waals surface area contributed by atoms with Gasteiger partial charge >= 0.3 is 5.97 Å². The average molecular weight is 328 g/mol. The number of carbonyl (C=O) groups is 1. The molecule has 2 aromatic rings. The van der Waals surface area contributed by atoms with E-state index in [0.29, 0.717) is 12.4 Å². The maximum absolute atomic E-state index is 11.0. The van der Waals surface area contributed by atoms with Gasteiger partial charge in [-0.1, -0.05) is 24.3 Å². The van der Waals surface area contributed by atoms with Crippen LogP contribution in [0.4, 0.5) is 5.82 Å². The molecule has 24 heavy (non-hydrogen) atoms. The highest BCUT2D eigenvalue weighted by atomic mass is 16.5. The van der Waals surface area contributed by atoms with Crippen LogP contribution >= 0.6 is 0 Å². The Balaban J connectivity index is 1.70. The van der Waals surface area contributed by atoms with Gasteiger partial charge < -0.3 is 19.9 Å². The lowest BCUT2D eigenvalue weighted by Crippen LogP contribution is -2.59. The summed E-state index contributed by atoms with van der Waals surface area (Å²) in [6.45, 7) is 2.58. The molecule has 0 radical (unpaired) electrons. The molecule has 3 unspecified atom stereocenters. The monoisotopic (exact) mass is 328 g/mol. The Kier molecular flexibility index (Phi) is 4.96. The Morgan fingerprint density at radius 1 is 1.25 bits per heavy atom. The number of nitrogens with one attached hydrogen (secondary N) is 1. The van der Waals surface area contributed by atoms with Crippen molar-refractivity contribution in [2.75, 3.05) is 11.9 Å². The maximum Gasteiger partial charge on any atom is 0.354 e. The van der Waals surface area contributed by atoms with Crippen LogP contribution in [0.2, 0.25) is 0 Å². The summed E-state index contributed by atoms with van der Waals surface area (Å²) in [5.74, 6) is 0.263. The second-order valence-corrected chi connectivity index (χ2v) is 5.59. The third-order valence-electron chi connectivity index (χ3n) is 3.95. The molecule has 3 atom stereocenters. The van der Waals surface area contributed by atoms with E-state index in [-0.39, 0.29) is 23.9 Å². The minimum atomic E-state index is -1.04. The van der Waals surface area contributed by atoms with Crippen molar-refractivity contribution in [3.05, 3.63) is 54.2 Å². The fraction of sp³-hybridized carbons (Fsp3) is 0.333. The molecule has 0 spiro atoms. The standard InChI is InChI=1S/C18H20N2O4/c1-2-23-15-11-14(17(15)24-12-7-4-3-5-8-12)20-16-10-6-9-13(19-16)18(21)22/h3-10,14-15,17H,2,11H2,1H3,(H,19,20)(H,21,22). The molecule has 6 nitrogen and oxygen atoms in total. The first-order chi connectivity index (χ1) is 11.7. The van der Waals surface area contributed by atoms with Crippen LogP contribution in [0.5, 0.6) is 5.75 Å². The van der Waals surface area contributed by atoms with Gasteiger partial charge in [-0.05, 0) is 31.2 Å². The van der Waals surface area contributed by atoms with Crippen LogP contribution < -0.4 is 10.1 Å². The summed E-state index contributed by atoms with van der Waals surface area (Å²) in [5, 5.41) is 12.3. The molecule has 1 aromatic heterocycles. The van der Waals surface area contributed by atoms with Crippen LogP contribution in [0.1, 0.15) is 23.8 Å². The van der Waals surface area contributed by atoms with Crippen molar-refractivity contribution >= 4 is 11.8 Å². The highest BCUT2D eigenvalue weighted by molar-refractivity contribution is 5.85. The molecule has 2 N–H and O–H groups in total. The molecule has 1 fully saturated rings. The van der Waals surface area contributed by atoms with Crippen LogP contribution in [-0.4, -0.2) is 40.9 Å². The van der Waals surface area contributed by atoms with E-state index in [4.69, 9.17) is 14.6 Å². The summed E-state index contributed by atoms with van der Waals surface area (Å²) < 4.78 is 11.8. The van der Waals surface area contributed by atoms with Crippen molar-refractivity contribution < 1.29 is 19.4 Å². The number of carboxylic acid groups (broad SMARTS) is 1. The SMILES string of the molecule is CCOC1CC(Nc2cccc(C(=O)O)n2)C1Oc1ccccc1. The Bertz CT molecular complexity index is 692. The summed E-state index contributed by atoms with van der Waals surface area (Å²) in [5.41, 5.74) is 0.0150. The molecule has 0 bridgehead atoms. The highest BCUT2D eigenvalue weighted by Crippen LogP contribution is 2.31. The van der Waals surface area contributed by atoms with Crippen molar-refractivity contribution in [1.82, 2.24) is 4.98 Å². The van der Waals surface area contributed by atoms with Gasteiger partial charge in [0.1, 0.15) is 17.7 Å². The third kappa shape index (κ3) is 3.65. The normalized spacial score (nSPS) is 22.5. The van der Waals surface area contributed by atoms with E-state index in [1.54, 1.807) is 12.1 Å². The Morgan fingerprint density at radius 2 is 2.04 bits per heavy atom. The van der Waals surface area contributed by atoms with E-state index < -0.39 is 5.97 Å². The molecule has 1 saturated carbocycles. The zero-order valence-corrected chi connectivity index (χ0v) is 13.4. The lowest BCUT2D eigenvalue weighted by molar-refractivity contribution is -0.0881. The van der Waals surface area contributed by atoms with Crippen molar-refractivity contribution in [3.63, 3.8) is 0 Å². The van der Waals surface area contributed by atoms with Gasteiger partial charge in [-0.3, -0.25) is 0 Å². The second kappa shape index (κ2) is 7.31. The van der Waals surface area contributed by atoms with E-state index in [2.05, 4.69) is 10.3 Å². The number of aromatic nitrogens is 1. The number of pyridine rings is 1. The molecule has 1 heterocycles. The first-order valence-corrected chi connectivity index (χ1v) is 7.97. The van der Waals surface area contributed by atoms with Crippen molar-refractivity contribution in [2.45, 2.75) is 31.6 Å². The molecule has 1 aliphatic carbocycles. The second-order valence-electron chi connectivity index (χ2n) is 5.59. The van der Waals surface area contributed by atoms with E-state index in [1.165, 1.54) is 6.07 Å². The highest BCUT2D eigenvalue weighted by Gasteiger charge is 2.44. The number of carboxylic acids is 1. The van der Waals surface area contributed by atoms with E-state index in [0.717, 1.165) is 12.2 Å². The molecule has 1 aliphatic rings. The van der Waals surface area contributed by atoms with Crippen molar-refractivity contribution in [1.29, 1.82) is 0 Å². The van der Waals surface area contributed by atoms with Gasteiger partial charge in [-0.15, -0.1) is 0 Å². The van der Waals surface area contributed by atoms with E-state index in [1.807, 2.05) is 37.3 Å². The molecule has 0 saturated heterocycles. The Hall–Kier alpha value is -2.60. The van der Waals surface area contributed by atoms with Gasteiger partial charge in [-0.2, -0.15) is 0 Å². The number of nitrogens with zero attached hydrogens (tertiary/aromatic N) is 1. The number of hydrogen-bond donors (Lipinski definition) is 2. The summed E-state index contributed by atoms with van der Waals surface area (Å²) >= 11 is 0. The largest absolute Gasteiger partial charge is 0.486 e. The Labute approximate surface area is 140 Å². The van der Waals surface area contributed by atoms with Gasteiger partial charge in [0.05, 0.1) is 12.1 Å². The molecule has 0 amide bonds. The van der Waals surface area contributed by atoms with E-state index in [9.17, 15) is 4.79 Å². The summed E-state index contributed by atoms with van der Waals surface area (Å²) in [6.07, 6.45) is 0.641. The number of para-hydroxylation sites is 1. The average Bonchev–Trinajstić information content (AvgIpc) is 2.60. The van der Waals surface area contributed by atoms with E-state index >= 15 is 0 Å². The molecule has 3 rings (SSSR count). The quantitative estimate of drug-likeness (QED) is 0.813. The first-order valence-electron chi connectivity index (χ1n) is 7.97. The zero-order valence-electron chi connectivity index (χ0n) is 13.4. The first kappa shape index (κ1) is 16.3. The summed E-state index contributed by atoms with van der Waals surface area (Å²) in [6, 6.07) is 14.5. The molecule has 1 aromatic carbocycles. The summed E-state index contributed by atoms with van der Waals surface area (Å²) in [7, 11) is 0. The predicted octanol–water partition coefficient (Wildman–Crippen LogP) is 2.82. The summed E-state index contributed by atoms with van der Waals surface area (Å²) in [4.78, 5) is 15.1. The number of ether oxygens (including phenoxy) is 2. The third-order valence-corrected chi connectivity index (χ3v) is 3.95.